The number of carbonyl (C=O) groups excluding carboxylic acids is 2. The molecule has 0 aliphatic carbocycles. The van der Waals surface area contributed by atoms with E-state index in [2.05, 4.69) is 21.2 Å². The van der Waals surface area contributed by atoms with Crippen molar-refractivity contribution in [2.45, 2.75) is 0 Å². The minimum absolute atomic E-state index is 0.101. The van der Waals surface area contributed by atoms with Gasteiger partial charge in [-0.1, -0.05) is 34.1 Å². The van der Waals surface area contributed by atoms with Crippen LogP contribution in [0.25, 0.3) is 6.08 Å². The van der Waals surface area contributed by atoms with Gasteiger partial charge in [-0.25, -0.2) is 4.39 Å². The number of rotatable bonds is 5. The number of hydrogen-bond acceptors (Lipinski definition) is 2. The predicted molar refractivity (Wildman–Crippen MR) is 95.8 cm³/mol. The summed E-state index contributed by atoms with van der Waals surface area (Å²) in [5.74, 6) is -1.02. The number of likely N-dealkylation sites (N-methyl/N-ethyl adjacent to an activating group) is 1. The second kappa shape index (κ2) is 8.40. The second-order valence-corrected chi connectivity index (χ2v) is 5.96. The lowest BCUT2D eigenvalue weighted by Gasteiger charge is -2.14. The topological polar surface area (TPSA) is 49.4 Å². The predicted octanol–water partition coefficient (Wildman–Crippen LogP) is 3.70. The van der Waals surface area contributed by atoms with Crippen LogP contribution < -0.4 is 5.32 Å². The van der Waals surface area contributed by atoms with E-state index in [0.717, 1.165) is 10.0 Å². The molecule has 0 atom stereocenters. The van der Waals surface area contributed by atoms with E-state index in [9.17, 15) is 14.0 Å². The van der Waals surface area contributed by atoms with Gasteiger partial charge >= 0.3 is 0 Å². The zero-order valence-electron chi connectivity index (χ0n) is 13.0. The van der Waals surface area contributed by atoms with Crippen molar-refractivity contribution in [2.75, 3.05) is 18.9 Å². The Morgan fingerprint density at radius 1 is 1.17 bits per heavy atom. The summed E-state index contributed by atoms with van der Waals surface area (Å²) >= 11 is 3.40. The van der Waals surface area contributed by atoms with Crippen molar-refractivity contribution in [3.63, 3.8) is 0 Å². The maximum atomic E-state index is 12.8. The fourth-order valence-corrected chi connectivity index (χ4v) is 2.34. The summed E-state index contributed by atoms with van der Waals surface area (Å²) in [7, 11) is 1.54. The molecule has 2 rings (SSSR count). The van der Waals surface area contributed by atoms with Gasteiger partial charge in [0.2, 0.25) is 11.8 Å². The highest BCUT2D eigenvalue weighted by molar-refractivity contribution is 9.10. The number of amides is 2. The van der Waals surface area contributed by atoms with Crippen LogP contribution in [0.15, 0.2) is 59.1 Å². The minimum atomic E-state index is -0.377. The molecule has 0 spiro atoms. The highest BCUT2D eigenvalue weighted by Crippen LogP contribution is 2.17. The molecule has 0 radical (unpaired) electrons. The quantitative estimate of drug-likeness (QED) is 0.791. The normalized spacial score (nSPS) is 10.6. The van der Waals surface area contributed by atoms with Crippen molar-refractivity contribution in [1.82, 2.24) is 4.90 Å². The van der Waals surface area contributed by atoms with Gasteiger partial charge in [-0.05, 0) is 42.0 Å². The van der Waals surface area contributed by atoms with E-state index in [1.165, 1.54) is 42.3 Å². The largest absolute Gasteiger partial charge is 0.333 e. The fourth-order valence-electron chi connectivity index (χ4n) is 1.93. The molecule has 0 aliphatic heterocycles. The van der Waals surface area contributed by atoms with Crippen molar-refractivity contribution in [3.05, 3.63) is 70.5 Å². The SMILES string of the molecule is CN(CC(=O)Nc1ccc(F)cc1)C(=O)/C=C/c1ccccc1Br. The van der Waals surface area contributed by atoms with Gasteiger partial charge in [-0.2, -0.15) is 0 Å². The highest BCUT2D eigenvalue weighted by atomic mass is 79.9. The lowest BCUT2D eigenvalue weighted by molar-refractivity contribution is -0.129. The third kappa shape index (κ3) is 5.31. The summed E-state index contributed by atoms with van der Waals surface area (Å²) in [6.07, 6.45) is 3.09. The van der Waals surface area contributed by atoms with Gasteiger partial charge in [-0.15, -0.1) is 0 Å². The Labute approximate surface area is 148 Å². The van der Waals surface area contributed by atoms with Crippen molar-refractivity contribution < 1.29 is 14.0 Å². The van der Waals surface area contributed by atoms with Crippen molar-refractivity contribution >= 4 is 39.5 Å². The molecule has 0 heterocycles. The molecule has 0 aliphatic rings. The maximum Gasteiger partial charge on any atom is 0.246 e. The van der Waals surface area contributed by atoms with E-state index in [0.29, 0.717) is 5.69 Å². The van der Waals surface area contributed by atoms with Crippen molar-refractivity contribution in [1.29, 1.82) is 0 Å². The van der Waals surface area contributed by atoms with Gasteiger partial charge in [0.1, 0.15) is 5.82 Å². The van der Waals surface area contributed by atoms with Gasteiger partial charge in [0.15, 0.2) is 0 Å². The van der Waals surface area contributed by atoms with E-state index in [1.807, 2.05) is 24.3 Å². The van der Waals surface area contributed by atoms with Crippen LogP contribution in [0, 0.1) is 5.82 Å². The van der Waals surface area contributed by atoms with Gasteiger partial charge in [-0.3, -0.25) is 9.59 Å². The molecule has 6 heteroatoms. The number of nitrogens with one attached hydrogen (secondary N) is 1. The Hall–Kier alpha value is -2.47. The molecule has 0 saturated carbocycles. The van der Waals surface area contributed by atoms with Crippen LogP contribution in [-0.2, 0) is 9.59 Å². The molecule has 124 valence electrons. The molecule has 2 aromatic carbocycles. The first-order valence-electron chi connectivity index (χ1n) is 7.19. The molecule has 1 N–H and O–H groups in total. The summed E-state index contributed by atoms with van der Waals surface area (Å²) < 4.78 is 13.7. The third-order valence-corrected chi connectivity index (χ3v) is 3.92. The van der Waals surface area contributed by atoms with E-state index >= 15 is 0 Å². The zero-order valence-corrected chi connectivity index (χ0v) is 14.6. The molecular weight excluding hydrogens is 375 g/mol. The molecule has 0 fully saturated rings. The molecule has 0 saturated heterocycles. The zero-order chi connectivity index (χ0) is 17.5. The molecule has 24 heavy (non-hydrogen) atoms. The minimum Gasteiger partial charge on any atom is -0.333 e. The molecule has 2 aromatic rings. The first-order chi connectivity index (χ1) is 11.5. The number of nitrogens with zero attached hydrogens (tertiary/aromatic N) is 1. The summed E-state index contributed by atoms with van der Waals surface area (Å²) in [4.78, 5) is 25.3. The molecule has 2 amide bonds. The van der Waals surface area contributed by atoms with Crippen LogP contribution >= 0.6 is 15.9 Å². The van der Waals surface area contributed by atoms with Crippen LogP contribution in [0.5, 0.6) is 0 Å². The van der Waals surface area contributed by atoms with E-state index < -0.39 is 0 Å². The molecule has 0 unspecified atom stereocenters. The summed E-state index contributed by atoms with van der Waals surface area (Å²) in [6.45, 7) is -0.101. The Kier molecular flexibility index (Phi) is 6.26. The third-order valence-electron chi connectivity index (χ3n) is 3.20. The van der Waals surface area contributed by atoms with Gasteiger partial charge < -0.3 is 10.2 Å². The Morgan fingerprint density at radius 2 is 1.83 bits per heavy atom. The number of hydrogen-bond donors (Lipinski definition) is 1. The van der Waals surface area contributed by atoms with E-state index in [4.69, 9.17) is 0 Å². The van der Waals surface area contributed by atoms with E-state index in [1.54, 1.807) is 6.08 Å². The highest BCUT2D eigenvalue weighted by Gasteiger charge is 2.11. The number of halogens is 2. The van der Waals surface area contributed by atoms with Crippen LogP contribution in [0.3, 0.4) is 0 Å². The maximum absolute atomic E-state index is 12.8. The standard InChI is InChI=1S/C18H16BrFN2O2/c1-22(12-17(23)21-15-9-7-14(20)8-10-15)18(24)11-6-13-4-2-3-5-16(13)19/h2-11H,12H2,1H3,(H,21,23)/b11-6+. The number of carbonyl (C=O) groups is 2. The molecular formula is C18H16BrFN2O2. The first-order valence-corrected chi connectivity index (χ1v) is 7.98. The van der Waals surface area contributed by atoms with Crippen LogP contribution in [-0.4, -0.2) is 30.3 Å². The first kappa shape index (κ1) is 17.9. The van der Waals surface area contributed by atoms with Gasteiger partial charge in [0.25, 0.3) is 0 Å². The average Bonchev–Trinajstić information content (AvgIpc) is 2.56. The van der Waals surface area contributed by atoms with Crippen LogP contribution in [0.2, 0.25) is 0 Å². The Morgan fingerprint density at radius 3 is 2.50 bits per heavy atom. The molecule has 4 nitrogen and oxygen atoms in total. The number of benzene rings is 2. The summed E-state index contributed by atoms with van der Waals surface area (Å²) in [5, 5.41) is 2.61. The van der Waals surface area contributed by atoms with Crippen LogP contribution in [0.4, 0.5) is 10.1 Å². The van der Waals surface area contributed by atoms with Crippen molar-refractivity contribution in [2.24, 2.45) is 0 Å². The molecule has 0 aromatic heterocycles. The number of anilines is 1. The lowest BCUT2D eigenvalue weighted by Crippen LogP contribution is -2.33. The van der Waals surface area contributed by atoms with Gasteiger partial charge in [0.05, 0.1) is 6.54 Å². The fraction of sp³-hybridized carbons (Fsp3) is 0.111. The van der Waals surface area contributed by atoms with Crippen molar-refractivity contribution in [3.8, 4) is 0 Å². The smallest absolute Gasteiger partial charge is 0.246 e. The Balaban J connectivity index is 1.90. The van der Waals surface area contributed by atoms with Crippen LogP contribution in [0.1, 0.15) is 5.56 Å². The van der Waals surface area contributed by atoms with E-state index in [-0.39, 0.29) is 24.2 Å². The lowest BCUT2D eigenvalue weighted by atomic mass is 10.2. The molecule has 0 bridgehead atoms. The second-order valence-electron chi connectivity index (χ2n) is 5.10. The monoisotopic (exact) mass is 390 g/mol. The average molecular weight is 391 g/mol. The van der Waals surface area contributed by atoms with Gasteiger partial charge in [0, 0.05) is 23.3 Å². The summed E-state index contributed by atoms with van der Waals surface area (Å²) in [5.41, 5.74) is 1.35. The Bertz CT molecular complexity index is 760. The summed E-state index contributed by atoms with van der Waals surface area (Å²) in [6, 6.07) is 12.9.